The SMILES string of the molecule is c1ccc(-c2cccc(-c3cc4ccccc4[nH]3)n2)cc1. The van der Waals surface area contributed by atoms with Crippen LogP contribution in [0.5, 0.6) is 0 Å². The number of pyridine rings is 1. The second-order valence-electron chi connectivity index (χ2n) is 5.04. The van der Waals surface area contributed by atoms with E-state index >= 15 is 0 Å². The molecule has 2 heteroatoms. The minimum atomic E-state index is 0.965. The van der Waals surface area contributed by atoms with Gasteiger partial charge in [-0.1, -0.05) is 54.6 Å². The first kappa shape index (κ1) is 11.9. The van der Waals surface area contributed by atoms with E-state index in [1.807, 2.05) is 42.5 Å². The van der Waals surface area contributed by atoms with Gasteiger partial charge in [0.25, 0.3) is 0 Å². The molecule has 4 rings (SSSR count). The predicted octanol–water partition coefficient (Wildman–Crippen LogP) is 4.90. The number of hydrogen-bond acceptors (Lipinski definition) is 1. The molecule has 21 heavy (non-hydrogen) atoms. The van der Waals surface area contributed by atoms with Crippen molar-refractivity contribution in [3.05, 3.63) is 78.9 Å². The smallest absolute Gasteiger partial charge is 0.0872 e. The molecule has 4 aromatic rings. The van der Waals surface area contributed by atoms with Gasteiger partial charge in [0, 0.05) is 16.5 Å². The highest BCUT2D eigenvalue weighted by Crippen LogP contribution is 2.25. The maximum absolute atomic E-state index is 4.78. The normalized spacial score (nSPS) is 10.9. The number of aromatic amines is 1. The van der Waals surface area contributed by atoms with Crippen LogP contribution in [0.4, 0.5) is 0 Å². The number of hydrogen-bond donors (Lipinski definition) is 1. The lowest BCUT2D eigenvalue weighted by Gasteiger charge is -2.03. The standard InChI is InChI=1S/C19H14N2/c1-2-7-14(8-3-1)16-11-6-12-18(20-16)19-13-15-9-4-5-10-17(15)21-19/h1-13,21H. The van der Waals surface area contributed by atoms with Gasteiger partial charge in [0.15, 0.2) is 0 Å². The van der Waals surface area contributed by atoms with Gasteiger partial charge >= 0.3 is 0 Å². The monoisotopic (exact) mass is 270 g/mol. The van der Waals surface area contributed by atoms with E-state index in [2.05, 4.69) is 41.4 Å². The highest BCUT2D eigenvalue weighted by Gasteiger charge is 2.06. The number of rotatable bonds is 2. The van der Waals surface area contributed by atoms with Crippen LogP contribution in [0.25, 0.3) is 33.5 Å². The van der Waals surface area contributed by atoms with E-state index in [4.69, 9.17) is 4.98 Å². The fourth-order valence-electron chi connectivity index (χ4n) is 2.57. The Kier molecular flexibility index (Phi) is 2.79. The quantitative estimate of drug-likeness (QED) is 0.551. The second kappa shape index (κ2) is 4.91. The Labute approximate surface area is 123 Å². The number of aromatic nitrogens is 2. The number of para-hydroxylation sites is 1. The molecule has 0 atom stereocenters. The average Bonchev–Trinajstić information content (AvgIpc) is 3.00. The molecule has 0 aliphatic heterocycles. The Morgan fingerprint density at radius 1 is 0.667 bits per heavy atom. The van der Waals surface area contributed by atoms with E-state index in [1.165, 1.54) is 5.39 Å². The predicted molar refractivity (Wildman–Crippen MR) is 87.0 cm³/mol. The van der Waals surface area contributed by atoms with E-state index in [1.54, 1.807) is 0 Å². The van der Waals surface area contributed by atoms with Crippen molar-refractivity contribution in [3.8, 4) is 22.6 Å². The molecule has 0 unspecified atom stereocenters. The molecule has 2 heterocycles. The molecule has 1 N–H and O–H groups in total. The maximum atomic E-state index is 4.78. The summed E-state index contributed by atoms with van der Waals surface area (Å²) < 4.78 is 0. The highest BCUT2D eigenvalue weighted by molar-refractivity contribution is 5.85. The first-order chi connectivity index (χ1) is 10.4. The Bertz CT molecular complexity index is 859. The Hall–Kier alpha value is -2.87. The summed E-state index contributed by atoms with van der Waals surface area (Å²) >= 11 is 0. The van der Waals surface area contributed by atoms with Gasteiger partial charge in [-0.3, -0.25) is 0 Å². The third kappa shape index (κ3) is 2.21. The molecule has 2 aromatic heterocycles. The van der Waals surface area contributed by atoms with Crippen LogP contribution >= 0.6 is 0 Å². The summed E-state index contributed by atoms with van der Waals surface area (Å²) in [4.78, 5) is 8.21. The number of nitrogens with zero attached hydrogens (tertiary/aromatic N) is 1. The van der Waals surface area contributed by atoms with Gasteiger partial charge in [-0.05, 0) is 24.3 Å². The van der Waals surface area contributed by atoms with E-state index in [0.29, 0.717) is 0 Å². The summed E-state index contributed by atoms with van der Waals surface area (Å²) in [7, 11) is 0. The fraction of sp³-hybridized carbons (Fsp3) is 0. The van der Waals surface area contributed by atoms with Crippen LogP contribution in [0.2, 0.25) is 0 Å². The van der Waals surface area contributed by atoms with Crippen LogP contribution in [-0.4, -0.2) is 9.97 Å². The number of fused-ring (bicyclic) bond motifs is 1. The first-order valence-electron chi connectivity index (χ1n) is 7.01. The summed E-state index contributed by atoms with van der Waals surface area (Å²) in [6.45, 7) is 0. The summed E-state index contributed by atoms with van der Waals surface area (Å²) in [6.07, 6.45) is 0. The van der Waals surface area contributed by atoms with Crippen molar-refractivity contribution < 1.29 is 0 Å². The Morgan fingerprint density at radius 2 is 1.43 bits per heavy atom. The molecule has 2 aromatic carbocycles. The molecule has 0 saturated carbocycles. The molecule has 0 aliphatic carbocycles. The Morgan fingerprint density at radius 3 is 2.29 bits per heavy atom. The molecular weight excluding hydrogens is 256 g/mol. The van der Waals surface area contributed by atoms with Crippen LogP contribution in [0.3, 0.4) is 0 Å². The van der Waals surface area contributed by atoms with Gasteiger partial charge in [-0.2, -0.15) is 0 Å². The molecule has 0 saturated heterocycles. The minimum absolute atomic E-state index is 0.965. The van der Waals surface area contributed by atoms with Crippen LogP contribution in [0, 0.1) is 0 Å². The number of benzene rings is 2. The van der Waals surface area contributed by atoms with Gasteiger partial charge < -0.3 is 4.98 Å². The zero-order valence-corrected chi connectivity index (χ0v) is 11.5. The molecule has 0 radical (unpaired) electrons. The molecule has 0 bridgehead atoms. The fourth-order valence-corrected chi connectivity index (χ4v) is 2.57. The van der Waals surface area contributed by atoms with Gasteiger partial charge in [0.05, 0.1) is 17.1 Å². The molecular formula is C19H14N2. The third-order valence-corrected chi connectivity index (χ3v) is 3.62. The molecule has 0 fully saturated rings. The van der Waals surface area contributed by atoms with Crippen molar-refractivity contribution in [1.29, 1.82) is 0 Å². The van der Waals surface area contributed by atoms with E-state index < -0.39 is 0 Å². The van der Waals surface area contributed by atoms with Crippen LogP contribution in [-0.2, 0) is 0 Å². The number of nitrogens with one attached hydrogen (secondary N) is 1. The van der Waals surface area contributed by atoms with Crippen molar-refractivity contribution in [2.24, 2.45) is 0 Å². The lowest BCUT2D eigenvalue weighted by Crippen LogP contribution is -1.87. The van der Waals surface area contributed by atoms with Crippen LogP contribution < -0.4 is 0 Å². The van der Waals surface area contributed by atoms with Crippen molar-refractivity contribution >= 4 is 10.9 Å². The third-order valence-electron chi connectivity index (χ3n) is 3.62. The molecule has 100 valence electrons. The first-order valence-corrected chi connectivity index (χ1v) is 7.01. The summed E-state index contributed by atoms with van der Waals surface area (Å²) in [5.74, 6) is 0. The van der Waals surface area contributed by atoms with E-state index in [9.17, 15) is 0 Å². The lowest BCUT2D eigenvalue weighted by molar-refractivity contribution is 1.29. The van der Waals surface area contributed by atoms with Crippen LogP contribution in [0.15, 0.2) is 78.9 Å². The van der Waals surface area contributed by atoms with E-state index in [0.717, 1.165) is 28.2 Å². The number of H-pyrrole nitrogens is 1. The van der Waals surface area contributed by atoms with Gasteiger partial charge in [-0.25, -0.2) is 4.98 Å². The minimum Gasteiger partial charge on any atom is -0.353 e. The highest BCUT2D eigenvalue weighted by atomic mass is 14.8. The van der Waals surface area contributed by atoms with Crippen molar-refractivity contribution in [3.63, 3.8) is 0 Å². The summed E-state index contributed by atoms with van der Waals surface area (Å²) in [6, 6.07) is 26.8. The van der Waals surface area contributed by atoms with Crippen molar-refractivity contribution in [1.82, 2.24) is 9.97 Å². The molecule has 2 nitrogen and oxygen atoms in total. The molecule has 0 spiro atoms. The summed E-state index contributed by atoms with van der Waals surface area (Å²) in [5, 5.41) is 1.21. The zero-order chi connectivity index (χ0) is 14.1. The van der Waals surface area contributed by atoms with Crippen molar-refractivity contribution in [2.45, 2.75) is 0 Å². The van der Waals surface area contributed by atoms with Gasteiger partial charge in [0.1, 0.15) is 0 Å². The van der Waals surface area contributed by atoms with Gasteiger partial charge in [-0.15, -0.1) is 0 Å². The van der Waals surface area contributed by atoms with Crippen molar-refractivity contribution in [2.75, 3.05) is 0 Å². The lowest BCUT2D eigenvalue weighted by atomic mass is 10.1. The van der Waals surface area contributed by atoms with E-state index in [-0.39, 0.29) is 0 Å². The van der Waals surface area contributed by atoms with Crippen LogP contribution in [0.1, 0.15) is 0 Å². The van der Waals surface area contributed by atoms with Gasteiger partial charge in [0.2, 0.25) is 0 Å². The zero-order valence-electron chi connectivity index (χ0n) is 11.5. The maximum Gasteiger partial charge on any atom is 0.0872 e. The Balaban J connectivity index is 1.82. The molecule has 0 aliphatic rings. The second-order valence-corrected chi connectivity index (χ2v) is 5.04. The molecule has 0 amide bonds. The topological polar surface area (TPSA) is 28.7 Å². The largest absolute Gasteiger partial charge is 0.353 e. The summed E-state index contributed by atoms with van der Waals surface area (Å²) in [5.41, 5.74) is 5.28. The average molecular weight is 270 g/mol.